The van der Waals surface area contributed by atoms with Crippen molar-refractivity contribution in [2.75, 3.05) is 11.9 Å². The van der Waals surface area contributed by atoms with Gasteiger partial charge in [0.2, 0.25) is 5.91 Å². The Hall–Kier alpha value is -1.84. The highest BCUT2D eigenvalue weighted by Gasteiger charge is 2.07. The summed E-state index contributed by atoms with van der Waals surface area (Å²) in [4.78, 5) is 11.9. The van der Waals surface area contributed by atoms with Gasteiger partial charge in [0.15, 0.2) is 0 Å². The zero-order valence-corrected chi connectivity index (χ0v) is 12.9. The number of carbonyl (C=O) groups is 1. The number of rotatable bonds is 5. The summed E-state index contributed by atoms with van der Waals surface area (Å²) in [6, 6.07) is 15.5. The maximum atomic E-state index is 11.9. The minimum atomic E-state index is -0.0729. The van der Waals surface area contributed by atoms with E-state index in [1.165, 1.54) is 11.1 Å². The van der Waals surface area contributed by atoms with Gasteiger partial charge in [0.25, 0.3) is 0 Å². The second kappa shape index (κ2) is 7.25. The smallest absolute Gasteiger partial charge is 0.238 e. The molecule has 4 heteroatoms. The fourth-order valence-corrected chi connectivity index (χ4v) is 2.08. The van der Waals surface area contributed by atoms with Crippen molar-refractivity contribution in [2.24, 2.45) is 0 Å². The average molecular weight is 303 g/mol. The molecule has 0 aliphatic heterocycles. The van der Waals surface area contributed by atoms with Crippen molar-refractivity contribution in [3.63, 3.8) is 0 Å². The lowest BCUT2D eigenvalue weighted by Crippen LogP contribution is -2.30. The molecule has 0 aliphatic rings. The SMILES string of the molecule is Cc1ccc([C@@H](C)NCC(=O)Nc2ccc(Cl)cc2)cc1. The van der Waals surface area contributed by atoms with Crippen molar-refractivity contribution < 1.29 is 4.79 Å². The first kappa shape index (κ1) is 15.5. The molecule has 110 valence electrons. The summed E-state index contributed by atoms with van der Waals surface area (Å²) in [5.41, 5.74) is 3.14. The van der Waals surface area contributed by atoms with Crippen molar-refractivity contribution in [3.8, 4) is 0 Å². The Kier molecular flexibility index (Phi) is 5.37. The van der Waals surface area contributed by atoms with Gasteiger partial charge in [0.1, 0.15) is 0 Å². The first-order valence-corrected chi connectivity index (χ1v) is 7.28. The van der Waals surface area contributed by atoms with Gasteiger partial charge >= 0.3 is 0 Å². The average Bonchev–Trinajstić information content (AvgIpc) is 2.48. The van der Waals surface area contributed by atoms with E-state index in [1.807, 2.05) is 6.92 Å². The number of hydrogen-bond acceptors (Lipinski definition) is 2. The van der Waals surface area contributed by atoms with Crippen molar-refractivity contribution in [2.45, 2.75) is 19.9 Å². The molecule has 0 aromatic heterocycles. The molecule has 0 aliphatic carbocycles. The molecule has 3 nitrogen and oxygen atoms in total. The quantitative estimate of drug-likeness (QED) is 0.878. The summed E-state index contributed by atoms with van der Waals surface area (Å²) in [7, 11) is 0. The monoisotopic (exact) mass is 302 g/mol. The molecule has 2 N–H and O–H groups in total. The van der Waals surface area contributed by atoms with Crippen LogP contribution in [0.25, 0.3) is 0 Å². The van der Waals surface area contributed by atoms with E-state index in [4.69, 9.17) is 11.6 Å². The Balaban J connectivity index is 1.83. The van der Waals surface area contributed by atoms with E-state index in [0.717, 1.165) is 5.69 Å². The number of amides is 1. The molecule has 0 radical (unpaired) electrons. The highest BCUT2D eigenvalue weighted by Crippen LogP contribution is 2.14. The largest absolute Gasteiger partial charge is 0.325 e. The molecular formula is C17H19ClN2O. The third-order valence-electron chi connectivity index (χ3n) is 3.27. The van der Waals surface area contributed by atoms with E-state index in [2.05, 4.69) is 41.8 Å². The molecule has 2 aromatic carbocycles. The van der Waals surface area contributed by atoms with Crippen LogP contribution in [-0.4, -0.2) is 12.5 Å². The first-order valence-electron chi connectivity index (χ1n) is 6.90. The molecule has 0 heterocycles. The molecule has 2 aromatic rings. The Labute approximate surface area is 130 Å². The van der Waals surface area contributed by atoms with Gasteiger partial charge in [-0.05, 0) is 43.7 Å². The topological polar surface area (TPSA) is 41.1 Å². The Morgan fingerprint density at radius 2 is 1.71 bits per heavy atom. The van der Waals surface area contributed by atoms with Crippen LogP contribution in [0.5, 0.6) is 0 Å². The lowest BCUT2D eigenvalue weighted by Gasteiger charge is -2.14. The normalized spacial score (nSPS) is 12.0. The third kappa shape index (κ3) is 4.88. The summed E-state index contributed by atoms with van der Waals surface area (Å²) in [6.07, 6.45) is 0. The van der Waals surface area contributed by atoms with Crippen LogP contribution in [0.4, 0.5) is 5.69 Å². The fraction of sp³-hybridized carbons (Fsp3) is 0.235. The molecule has 1 amide bonds. The van der Waals surface area contributed by atoms with Crippen LogP contribution in [-0.2, 0) is 4.79 Å². The molecule has 0 bridgehead atoms. The lowest BCUT2D eigenvalue weighted by molar-refractivity contribution is -0.115. The van der Waals surface area contributed by atoms with Crippen molar-refractivity contribution in [1.82, 2.24) is 5.32 Å². The molecule has 0 saturated carbocycles. The van der Waals surface area contributed by atoms with E-state index in [1.54, 1.807) is 24.3 Å². The van der Waals surface area contributed by atoms with Gasteiger partial charge in [0.05, 0.1) is 6.54 Å². The molecule has 1 atom stereocenters. The van der Waals surface area contributed by atoms with Gasteiger partial charge < -0.3 is 10.6 Å². The second-order valence-electron chi connectivity index (χ2n) is 5.07. The maximum Gasteiger partial charge on any atom is 0.238 e. The van der Waals surface area contributed by atoms with E-state index < -0.39 is 0 Å². The van der Waals surface area contributed by atoms with Crippen molar-refractivity contribution in [3.05, 3.63) is 64.7 Å². The van der Waals surface area contributed by atoms with Gasteiger partial charge in [-0.15, -0.1) is 0 Å². The standard InChI is InChI=1S/C17H19ClN2O/c1-12-3-5-14(6-4-12)13(2)19-11-17(21)20-16-9-7-15(18)8-10-16/h3-10,13,19H,11H2,1-2H3,(H,20,21)/t13-/m1/s1. The maximum absolute atomic E-state index is 11.9. The van der Waals surface area contributed by atoms with Crippen LogP contribution in [0.15, 0.2) is 48.5 Å². The van der Waals surface area contributed by atoms with Gasteiger partial charge in [-0.1, -0.05) is 41.4 Å². The minimum absolute atomic E-state index is 0.0729. The van der Waals surface area contributed by atoms with Crippen LogP contribution in [0.3, 0.4) is 0 Å². The number of aryl methyl sites for hydroxylation is 1. The number of nitrogens with one attached hydrogen (secondary N) is 2. The van der Waals surface area contributed by atoms with Crippen LogP contribution >= 0.6 is 11.6 Å². The first-order chi connectivity index (χ1) is 10.0. The Morgan fingerprint density at radius 3 is 2.33 bits per heavy atom. The second-order valence-corrected chi connectivity index (χ2v) is 5.50. The third-order valence-corrected chi connectivity index (χ3v) is 3.53. The zero-order chi connectivity index (χ0) is 15.2. The number of hydrogen-bond donors (Lipinski definition) is 2. The van der Waals surface area contributed by atoms with Crippen LogP contribution in [0.1, 0.15) is 24.1 Å². The number of carbonyl (C=O) groups excluding carboxylic acids is 1. The molecular weight excluding hydrogens is 284 g/mol. The van der Waals surface area contributed by atoms with E-state index in [-0.39, 0.29) is 18.5 Å². The van der Waals surface area contributed by atoms with Crippen LogP contribution in [0.2, 0.25) is 5.02 Å². The van der Waals surface area contributed by atoms with E-state index >= 15 is 0 Å². The summed E-state index contributed by atoms with van der Waals surface area (Å²) in [5.74, 6) is -0.0729. The number of benzene rings is 2. The fourth-order valence-electron chi connectivity index (χ4n) is 1.96. The zero-order valence-electron chi connectivity index (χ0n) is 12.2. The van der Waals surface area contributed by atoms with Gasteiger partial charge in [-0.3, -0.25) is 4.79 Å². The van der Waals surface area contributed by atoms with E-state index in [0.29, 0.717) is 5.02 Å². The summed E-state index contributed by atoms with van der Waals surface area (Å²) < 4.78 is 0. The minimum Gasteiger partial charge on any atom is -0.325 e. The summed E-state index contributed by atoms with van der Waals surface area (Å²) in [6.45, 7) is 4.36. The molecule has 0 saturated heterocycles. The summed E-state index contributed by atoms with van der Waals surface area (Å²) in [5, 5.41) is 6.69. The van der Waals surface area contributed by atoms with E-state index in [9.17, 15) is 4.79 Å². The molecule has 2 rings (SSSR count). The number of anilines is 1. The molecule has 0 unspecified atom stereocenters. The van der Waals surface area contributed by atoms with Crippen LogP contribution < -0.4 is 10.6 Å². The van der Waals surface area contributed by atoms with Crippen molar-refractivity contribution in [1.29, 1.82) is 0 Å². The number of halogens is 1. The molecule has 21 heavy (non-hydrogen) atoms. The molecule has 0 fully saturated rings. The Morgan fingerprint density at radius 1 is 1.10 bits per heavy atom. The van der Waals surface area contributed by atoms with Crippen LogP contribution in [0, 0.1) is 6.92 Å². The predicted molar refractivity (Wildman–Crippen MR) is 87.7 cm³/mol. The molecule has 0 spiro atoms. The van der Waals surface area contributed by atoms with Gasteiger partial charge in [-0.2, -0.15) is 0 Å². The highest BCUT2D eigenvalue weighted by molar-refractivity contribution is 6.30. The Bertz CT molecular complexity index is 593. The van der Waals surface area contributed by atoms with Gasteiger partial charge in [-0.25, -0.2) is 0 Å². The van der Waals surface area contributed by atoms with Crippen molar-refractivity contribution >= 4 is 23.2 Å². The predicted octanol–water partition coefficient (Wildman–Crippen LogP) is 3.94. The summed E-state index contributed by atoms with van der Waals surface area (Å²) >= 11 is 5.80. The highest BCUT2D eigenvalue weighted by atomic mass is 35.5. The lowest BCUT2D eigenvalue weighted by atomic mass is 10.1. The van der Waals surface area contributed by atoms with Gasteiger partial charge in [0, 0.05) is 16.8 Å².